The molecule has 2 aromatic rings. The van der Waals surface area contributed by atoms with Crippen molar-refractivity contribution in [1.82, 2.24) is 25.0 Å². The molecule has 166 valence electrons. The maximum atomic E-state index is 13.8. The van der Waals surface area contributed by atoms with E-state index in [9.17, 15) is 9.18 Å². The van der Waals surface area contributed by atoms with Crippen LogP contribution in [0.1, 0.15) is 13.3 Å². The highest BCUT2D eigenvalue weighted by molar-refractivity contribution is 8.01. The van der Waals surface area contributed by atoms with Crippen molar-refractivity contribution in [3.8, 4) is 10.6 Å². The molecule has 31 heavy (non-hydrogen) atoms. The Bertz CT molecular complexity index is 932. The van der Waals surface area contributed by atoms with Crippen LogP contribution in [0.3, 0.4) is 0 Å². The largest absolute Gasteiger partial charge is 0.450 e. The van der Waals surface area contributed by atoms with Crippen LogP contribution in [-0.4, -0.2) is 93.5 Å². The van der Waals surface area contributed by atoms with Crippen molar-refractivity contribution in [3.05, 3.63) is 23.6 Å². The number of halogens is 1. The number of thioether (sulfide) groups is 1. The lowest BCUT2D eigenvalue weighted by Gasteiger charge is -2.47. The van der Waals surface area contributed by atoms with Gasteiger partial charge in [0.15, 0.2) is 5.01 Å². The van der Waals surface area contributed by atoms with Crippen LogP contribution in [0.2, 0.25) is 0 Å². The first kappa shape index (κ1) is 20.9. The number of likely N-dealkylation sites (tertiary alicyclic amines) is 1. The van der Waals surface area contributed by atoms with E-state index in [1.54, 1.807) is 5.51 Å². The monoisotopic (exact) mass is 464 g/mol. The number of amides is 1. The van der Waals surface area contributed by atoms with Gasteiger partial charge in [0, 0.05) is 51.1 Å². The third-order valence-corrected chi connectivity index (χ3v) is 8.54. The van der Waals surface area contributed by atoms with E-state index in [4.69, 9.17) is 4.74 Å². The van der Waals surface area contributed by atoms with Gasteiger partial charge in [-0.3, -0.25) is 4.90 Å². The summed E-state index contributed by atoms with van der Waals surface area (Å²) < 4.78 is 19.1. The molecule has 0 unspecified atom stereocenters. The Labute approximate surface area is 188 Å². The molecule has 0 aromatic carbocycles. The van der Waals surface area contributed by atoms with Crippen LogP contribution >= 0.6 is 23.1 Å². The van der Waals surface area contributed by atoms with E-state index in [0.29, 0.717) is 23.2 Å². The Kier molecular flexibility index (Phi) is 5.74. The van der Waals surface area contributed by atoms with Crippen molar-refractivity contribution in [3.63, 3.8) is 0 Å². The number of carbonyl (C=O) groups is 1. The number of pyridine rings is 1. The lowest BCUT2D eigenvalue weighted by molar-refractivity contribution is 0.0603. The standard InChI is InChI=1S/C20H25FN6O2S2/c1-2-29-19(28)27-11-20(12-27)8-15(10-31-20)25-3-5-26(6-4-25)17-16(7-14(21)9-22-17)18-24-23-13-30-18/h7,9,13,15H,2-6,8,10-12H2,1H3/t15-/m1/s1. The highest BCUT2D eigenvalue weighted by Crippen LogP contribution is 2.47. The molecular formula is C20H25FN6O2S2. The van der Waals surface area contributed by atoms with Gasteiger partial charge in [-0.25, -0.2) is 14.2 Å². The van der Waals surface area contributed by atoms with E-state index < -0.39 is 0 Å². The van der Waals surface area contributed by atoms with Gasteiger partial charge in [-0.1, -0.05) is 11.3 Å². The molecule has 5 rings (SSSR count). The van der Waals surface area contributed by atoms with Crippen LogP contribution in [0.4, 0.5) is 15.0 Å². The molecule has 0 radical (unpaired) electrons. The molecule has 3 saturated heterocycles. The quantitative estimate of drug-likeness (QED) is 0.684. The molecule has 2 aromatic heterocycles. The number of piperazine rings is 1. The van der Waals surface area contributed by atoms with Gasteiger partial charge in [-0.15, -0.1) is 22.0 Å². The van der Waals surface area contributed by atoms with Crippen molar-refractivity contribution in [1.29, 1.82) is 0 Å². The minimum absolute atomic E-state index is 0.191. The van der Waals surface area contributed by atoms with E-state index in [2.05, 4.69) is 25.0 Å². The Morgan fingerprint density at radius 2 is 2.13 bits per heavy atom. The van der Waals surface area contributed by atoms with Gasteiger partial charge in [0.1, 0.15) is 17.1 Å². The first-order chi connectivity index (χ1) is 15.1. The average Bonchev–Trinajstić information content (AvgIpc) is 3.43. The smallest absolute Gasteiger partial charge is 0.409 e. The summed E-state index contributed by atoms with van der Waals surface area (Å²) in [6, 6.07) is 2.03. The van der Waals surface area contributed by atoms with Gasteiger partial charge in [-0.2, -0.15) is 0 Å². The molecule has 3 fully saturated rings. The van der Waals surface area contributed by atoms with Crippen molar-refractivity contribution < 1.29 is 13.9 Å². The Morgan fingerprint density at radius 3 is 2.84 bits per heavy atom. The highest BCUT2D eigenvalue weighted by Gasteiger charge is 2.52. The van der Waals surface area contributed by atoms with Gasteiger partial charge in [-0.05, 0) is 19.4 Å². The normalized spacial score (nSPS) is 23.2. The van der Waals surface area contributed by atoms with Gasteiger partial charge >= 0.3 is 6.09 Å². The summed E-state index contributed by atoms with van der Waals surface area (Å²) in [5, 5.41) is 8.69. The number of hydrogen-bond donors (Lipinski definition) is 0. The number of ether oxygens (including phenoxy) is 1. The summed E-state index contributed by atoms with van der Waals surface area (Å²) in [7, 11) is 0. The van der Waals surface area contributed by atoms with Crippen LogP contribution in [0.15, 0.2) is 17.8 Å². The number of rotatable bonds is 4. The molecule has 0 N–H and O–H groups in total. The number of aromatic nitrogens is 3. The summed E-state index contributed by atoms with van der Waals surface area (Å²) in [4.78, 5) is 22.9. The Balaban J connectivity index is 1.19. The summed E-state index contributed by atoms with van der Waals surface area (Å²) in [5.74, 6) is 1.51. The van der Waals surface area contributed by atoms with Crippen LogP contribution < -0.4 is 4.90 Å². The molecule has 1 spiro atoms. The van der Waals surface area contributed by atoms with E-state index in [1.165, 1.54) is 23.6 Å². The SMILES string of the molecule is CCOC(=O)N1CC2(C[C@@H](N3CCN(c4ncc(F)cc4-c4nncs4)CC3)CS2)C1. The second-order valence-corrected chi connectivity index (χ2v) is 10.5. The summed E-state index contributed by atoms with van der Waals surface area (Å²) >= 11 is 3.39. The van der Waals surface area contributed by atoms with Crippen molar-refractivity contribution in [2.75, 3.05) is 56.5 Å². The Morgan fingerprint density at radius 1 is 1.32 bits per heavy atom. The van der Waals surface area contributed by atoms with Crippen LogP contribution in [0.25, 0.3) is 10.6 Å². The molecule has 3 aliphatic rings. The molecule has 5 heterocycles. The lowest BCUT2D eigenvalue weighted by atomic mass is 9.91. The van der Waals surface area contributed by atoms with Crippen molar-refractivity contribution in [2.24, 2.45) is 0 Å². The predicted octanol–water partition coefficient (Wildman–Crippen LogP) is 2.58. The maximum absolute atomic E-state index is 13.8. The number of nitrogens with zero attached hydrogens (tertiary/aromatic N) is 6. The van der Waals surface area contributed by atoms with Crippen LogP contribution in [0, 0.1) is 5.82 Å². The fraction of sp³-hybridized carbons (Fsp3) is 0.600. The average molecular weight is 465 g/mol. The van der Waals surface area contributed by atoms with Gasteiger partial charge in [0.2, 0.25) is 0 Å². The molecule has 1 amide bonds. The van der Waals surface area contributed by atoms with E-state index in [-0.39, 0.29) is 16.7 Å². The second-order valence-electron chi connectivity index (χ2n) is 8.20. The molecule has 11 heteroatoms. The number of anilines is 1. The zero-order valence-electron chi connectivity index (χ0n) is 17.4. The molecule has 8 nitrogen and oxygen atoms in total. The summed E-state index contributed by atoms with van der Waals surface area (Å²) in [6.45, 7) is 7.41. The zero-order chi connectivity index (χ0) is 21.4. The van der Waals surface area contributed by atoms with Crippen LogP contribution in [-0.2, 0) is 4.74 Å². The first-order valence-electron chi connectivity index (χ1n) is 10.5. The third kappa shape index (κ3) is 4.10. The summed E-state index contributed by atoms with van der Waals surface area (Å²) in [6.07, 6.45) is 2.19. The lowest BCUT2D eigenvalue weighted by Crippen LogP contribution is -2.61. The van der Waals surface area contributed by atoms with Gasteiger partial charge in [0.25, 0.3) is 0 Å². The van der Waals surface area contributed by atoms with Crippen molar-refractivity contribution in [2.45, 2.75) is 24.1 Å². The molecule has 3 aliphatic heterocycles. The molecule has 1 atom stereocenters. The number of hydrogen-bond acceptors (Lipinski definition) is 9. The fourth-order valence-electron chi connectivity index (χ4n) is 4.70. The zero-order valence-corrected chi connectivity index (χ0v) is 19.0. The summed E-state index contributed by atoms with van der Waals surface area (Å²) in [5.41, 5.74) is 2.36. The van der Waals surface area contributed by atoms with Crippen molar-refractivity contribution >= 4 is 35.0 Å². The van der Waals surface area contributed by atoms with Gasteiger partial charge in [0.05, 0.1) is 23.1 Å². The second kappa shape index (κ2) is 8.51. The Hall–Kier alpha value is -1.98. The molecule has 0 bridgehead atoms. The molecule has 0 saturated carbocycles. The van der Waals surface area contributed by atoms with E-state index >= 15 is 0 Å². The maximum Gasteiger partial charge on any atom is 0.409 e. The van der Waals surface area contributed by atoms with E-state index in [0.717, 1.165) is 57.3 Å². The topological polar surface area (TPSA) is 74.7 Å². The van der Waals surface area contributed by atoms with Crippen LogP contribution in [0.5, 0.6) is 0 Å². The first-order valence-corrected chi connectivity index (χ1v) is 12.4. The third-order valence-electron chi connectivity index (χ3n) is 6.23. The number of carbonyl (C=O) groups excluding carboxylic acids is 1. The fourth-order valence-corrected chi connectivity index (χ4v) is 6.94. The van der Waals surface area contributed by atoms with Gasteiger partial charge < -0.3 is 14.5 Å². The minimum Gasteiger partial charge on any atom is -0.450 e. The predicted molar refractivity (Wildman–Crippen MR) is 119 cm³/mol. The van der Waals surface area contributed by atoms with E-state index in [1.807, 2.05) is 23.6 Å². The highest BCUT2D eigenvalue weighted by atomic mass is 32.2. The molecule has 0 aliphatic carbocycles. The minimum atomic E-state index is -0.363. The molecular weight excluding hydrogens is 439 g/mol.